The number of nitrogens with one attached hydrogen (secondary N) is 2. The first-order valence-corrected chi connectivity index (χ1v) is 8.83. The number of benzene rings is 2. The molecule has 0 radical (unpaired) electrons. The lowest BCUT2D eigenvalue weighted by Gasteiger charge is -2.13. The number of hydrogen-bond acceptors (Lipinski definition) is 4. The zero-order valence-corrected chi connectivity index (χ0v) is 15.8. The fraction of sp³-hybridized carbons (Fsp3) is 0.286. The number of carbonyl (C=O) groups is 3. The van der Waals surface area contributed by atoms with Crippen LogP contribution < -0.4 is 15.4 Å². The zero-order valence-electron chi connectivity index (χ0n) is 15.8. The Bertz CT molecular complexity index is 829. The first-order valence-electron chi connectivity index (χ1n) is 8.83. The van der Waals surface area contributed by atoms with E-state index in [-0.39, 0.29) is 30.0 Å². The van der Waals surface area contributed by atoms with Gasteiger partial charge in [0.1, 0.15) is 5.75 Å². The van der Waals surface area contributed by atoms with Gasteiger partial charge in [-0.1, -0.05) is 25.5 Å². The molecule has 0 saturated carbocycles. The van der Waals surface area contributed by atoms with Gasteiger partial charge in [0.2, 0.25) is 5.91 Å². The zero-order chi connectivity index (χ0) is 19.8. The van der Waals surface area contributed by atoms with E-state index in [1.54, 1.807) is 12.1 Å². The molecule has 0 aromatic heterocycles. The van der Waals surface area contributed by atoms with Crippen molar-refractivity contribution in [2.24, 2.45) is 0 Å². The van der Waals surface area contributed by atoms with Crippen LogP contribution in [-0.2, 0) is 16.0 Å². The molecule has 2 aromatic rings. The number of Topliss-reactive ketones (excluding diaryl/α,β-unsaturated/α-hetero) is 1. The van der Waals surface area contributed by atoms with Crippen molar-refractivity contribution in [2.45, 2.75) is 33.6 Å². The van der Waals surface area contributed by atoms with Crippen LogP contribution in [0.15, 0.2) is 42.5 Å². The summed E-state index contributed by atoms with van der Waals surface area (Å²) in [6, 6.07) is 12.3. The molecule has 2 aromatic carbocycles. The van der Waals surface area contributed by atoms with E-state index in [2.05, 4.69) is 17.6 Å². The number of anilines is 2. The molecule has 6 heteroatoms. The largest absolute Gasteiger partial charge is 0.482 e. The lowest BCUT2D eigenvalue weighted by atomic mass is 10.1. The maximum Gasteiger partial charge on any atom is 0.262 e. The van der Waals surface area contributed by atoms with Gasteiger partial charge in [-0.3, -0.25) is 14.4 Å². The standard InChI is InChI=1S/C21H24N2O4/c1-4-5-16-6-9-18(10-7-16)23-21(26)13-27-20-12-17(14(2)24)8-11-19(20)22-15(3)25/h6-12H,4-5,13H2,1-3H3,(H,22,25)(H,23,26). The van der Waals surface area contributed by atoms with Gasteiger partial charge in [-0.25, -0.2) is 0 Å². The van der Waals surface area contributed by atoms with Crippen LogP contribution in [0, 0.1) is 0 Å². The van der Waals surface area contributed by atoms with Crippen LogP contribution in [0.5, 0.6) is 5.75 Å². The van der Waals surface area contributed by atoms with Crippen LogP contribution in [0.25, 0.3) is 0 Å². The normalized spacial score (nSPS) is 10.2. The topological polar surface area (TPSA) is 84.5 Å². The second kappa shape index (κ2) is 9.52. The number of ether oxygens (including phenoxy) is 1. The van der Waals surface area contributed by atoms with Gasteiger partial charge < -0.3 is 15.4 Å². The molecule has 142 valence electrons. The summed E-state index contributed by atoms with van der Waals surface area (Å²) < 4.78 is 5.55. The number of amides is 2. The molecule has 0 aliphatic rings. The van der Waals surface area contributed by atoms with Crippen LogP contribution in [0.3, 0.4) is 0 Å². The molecule has 2 N–H and O–H groups in total. The number of hydrogen-bond donors (Lipinski definition) is 2. The van der Waals surface area contributed by atoms with E-state index < -0.39 is 0 Å². The van der Waals surface area contributed by atoms with Gasteiger partial charge in [-0.05, 0) is 49.2 Å². The highest BCUT2D eigenvalue weighted by atomic mass is 16.5. The number of ketones is 1. The minimum absolute atomic E-state index is 0.133. The van der Waals surface area contributed by atoms with Gasteiger partial charge in [0, 0.05) is 18.2 Å². The molecule has 0 heterocycles. The Morgan fingerprint density at radius 1 is 0.963 bits per heavy atom. The average Bonchev–Trinajstić information content (AvgIpc) is 2.62. The van der Waals surface area contributed by atoms with Crippen molar-refractivity contribution < 1.29 is 19.1 Å². The van der Waals surface area contributed by atoms with Crippen molar-refractivity contribution in [3.05, 3.63) is 53.6 Å². The van der Waals surface area contributed by atoms with Crippen LogP contribution in [0.2, 0.25) is 0 Å². The van der Waals surface area contributed by atoms with Crippen LogP contribution in [0.1, 0.15) is 43.1 Å². The van der Waals surface area contributed by atoms with Crippen molar-refractivity contribution in [3.8, 4) is 5.75 Å². The van der Waals surface area contributed by atoms with Gasteiger partial charge in [-0.15, -0.1) is 0 Å². The van der Waals surface area contributed by atoms with E-state index in [4.69, 9.17) is 4.74 Å². The Morgan fingerprint density at radius 3 is 2.26 bits per heavy atom. The predicted molar refractivity (Wildman–Crippen MR) is 105 cm³/mol. The van der Waals surface area contributed by atoms with Crippen molar-refractivity contribution >= 4 is 29.0 Å². The first kappa shape index (κ1) is 20.2. The summed E-state index contributed by atoms with van der Waals surface area (Å²) in [5, 5.41) is 5.39. The highest BCUT2D eigenvalue weighted by molar-refractivity contribution is 5.97. The quantitative estimate of drug-likeness (QED) is 0.694. The van der Waals surface area contributed by atoms with E-state index in [1.165, 1.54) is 25.5 Å². The third-order valence-electron chi connectivity index (χ3n) is 3.83. The number of carbonyl (C=O) groups excluding carboxylic acids is 3. The summed E-state index contributed by atoms with van der Waals surface area (Å²) in [6.07, 6.45) is 2.06. The lowest BCUT2D eigenvalue weighted by molar-refractivity contribution is -0.118. The Balaban J connectivity index is 2.03. The van der Waals surface area contributed by atoms with E-state index in [0.29, 0.717) is 16.9 Å². The molecule has 0 unspecified atom stereocenters. The van der Waals surface area contributed by atoms with Crippen molar-refractivity contribution in [1.29, 1.82) is 0 Å². The van der Waals surface area contributed by atoms with Gasteiger partial charge in [0.05, 0.1) is 5.69 Å². The minimum Gasteiger partial charge on any atom is -0.482 e. The summed E-state index contributed by atoms with van der Waals surface area (Å²) in [5.41, 5.74) is 2.74. The Labute approximate surface area is 158 Å². The molecule has 0 bridgehead atoms. The molecule has 27 heavy (non-hydrogen) atoms. The first-order chi connectivity index (χ1) is 12.9. The van der Waals surface area contributed by atoms with Crippen molar-refractivity contribution in [1.82, 2.24) is 0 Å². The molecule has 0 saturated heterocycles. The van der Waals surface area contributed by atoms with Crippen LogP contribution in [0.4, 0.5) is 11.4 Å². The molecule has 0 atom stereocenters. The summed E-state index contributed by atoms with van der Waals surface area (Å²) in [5.74, 6) is -0.468. The van der Waals surface area contributed by atoms with E-state index in [9.17, 15) is 14.4 Å². The fourth-order valence-corrected chi connectivity index (χ4v) is 2.54. The highest BCUT2D eigenvalue weighted by Crippen LogP contribution is 2.26. The van der Waals surface area contributed by atoms with E-state index >= 15 is 0 Å². The second-order valence-electron chi connectivity index (χ2n) is 6.23. The van der Waals surface area contributed by atoms with Gasteiger partial charge in [-0.2, -0.15) is 0 Å². The molecular formula is C21H24N2O4. The molecule has 0 aliphatic carbocycles. The van der Waals surface area contributed by atoms with Crippen molar-refractivity contribution in [2.75, 3.05) is 17.2 Å². The van der Waals surface area contributed by atoms with E-state index in [0.717, 1.165) is 12.8 Å². The Morgan fingerprint density at radius 2 is 1.67 bits per heavy atom. The third-order valence-corrected chi connectivity index (χ3v) is 3.83. The Kier molecular flexibility index (Phi) is 7.11. The van der Waals surface area contributed by atoms with Crippen molar-refractivity contribution in [3.63, 3.8) is 0 Å². The molecule has 2 amide bonds. The predicted octanol–water partition coefficient (Wildman–Crippen LogP) is 3.82. The van der Waals surface area contributed by atoms with Crippen LogP contribution in [-0.4, -0.2) is 24.2 Å². The molecule has 0 fully saturated rings. The van der Waals surface area contributed by atoms with Gasteiger partial charge in [0.25, 0.3) is 5.91 Å². The lowest BCUT2D eigenvalue weighted by Crippen LogP contribution is -2.21. The van der Waals surface area contributed by atoms with Gasteiger partial charge in [0.15, 0.2) is 12.4 Å². The summed E-state index contributed by atoms with van der Waals surface area (Å²) in [7, 11) is 0. The van der Waals surface area contributed by atoms with E-state index in [1.807, 2.05) is 24.3 Å². The number of aryl methyl sites for hydroxylation is 1. The Hall–Kier alpha value is -3.15. The van der Waals surface area contributed by atoms with Crippen LogP contribution >= 0.6 is 0 Å². The second-order valence-corrected chi connectivity index (χ2v) is 6.23. The maximum absolute atomic E-state index is 12.2. The third kappa shape index (κ3) is 6.26. The fourth-order valence-electron chi connectivity index (χ4n) is 2.54. The molecular weight excluding hydrogens is 344 g/mol. The van der Waals surface area contributed by atoms with Gasteiger partial charge >= 0.3 is 0 Å². The average molecular weight is 368 g/mol. The molecule has 6 nitrogen and oxygen atoms in total. The maximum atomic E-state index is 12.2. The monoisotopic (exact) mass is 368 g/mol. The summed E-state index contributed by atoms with van der Waals surface area (Å²) in [4.78, 5) is 35.0. The molecule has 2 rings (SSSR count). The smallest absolute Gasteiger partial charge is 0.262 e. The highest BCUT2D eigenvalue weighted by Gasteiger charge is 2.11. The summed E-state index contributed by atoms with van der Waals surface area (Å²) >= 11 is 0. The summed E-state index contributed by atoms with van der Waals surface area (Å²) in [6.45, 7) is 4.68. The molecule has 0 aliphatic heterocycles. The number of rotatable bonds is 8. The molecule has 0 spiro atoms. The SMILES string of the molecule is CCCc1ccc(NC(=O)COc2cc(C(C)=O)ccc2NC(C)=O)cc1. The minimum atomic E-state index is -0.333.